The normalized spacial score (nSPS) is 28.4. The van der Waals surface area contributed by atoms with Gasteiger partial charge < -0.3 is 9.47 Å². The predicted molar refractivity (Wildman–Crippen MR) is 88.7 cm³/mol. The van der Waals surface area contributed by atoms with Crippen molar-refractivity contribution < 1.29 is 9.47 Å². The summed E-state index contributed by atoms with van der Waals surface area (Å²) in [7, 11) is 0. The monoisotopic (exact) mass is 339 g/mol. The summed E-state index contributed by atoms with van der Waals surface area (Å²) in [5.41, 5.74) is 2.01. The van der Waals surface area contributed by atoms with Crippen molar-refractivity contribution in [1.29, 1.82) is 0 Å². The fourth-order valence-corrected chi connectivity index (χ4v) is 4.39. The van der Waals surface area contributed by atoms with Crippen LogP contribution in [0.1, 0.15) is 31.2 Å². The van der Waals surface area contributed by atoms with Gasteiger partial charge in [-0.3, -0.25) is 4.90 Å². The van der Waals surface area contributed by atoms with Crippen molar-refractivity contribution in [2.24, 2.45) is 0 Å². The summed E-state index contributed by atoms with van der Waals surface area (Å²) in [6.07, 6.45) is 6.71. The maximum Gasteiger partial charge on any atom is 0.186 e. The van der Waals surface area contributed by atoms with E-state index in [0.29, 0.717) is 10.0 Å². The summed E-state index contributed by atoms with van der Waals surface area (Å²) in [6.45, 7) is 3.33. The molecule has 2 fully saturated rings. The number of ether oxygens (including phenoxy) is 2. The molecule has 1 saturated carbocycles. The molecular formula is C17H19Cl2NO2. The van der Waals surface area contributed by atoms with Crippen molar-refractivity contribution >= 4 is 29.3 Å². The van der Waals surface area contributed by atoms with Crippen LogP contribution in [0.2, 0.25) is 10.0 Å². The topological polar surface area (TPSA) is 21.7 Å². The van der Waals surface area contributed by atoms with Gasteiger partial charge in [0.2, 0.25) is 0 Å². The third kappa shape index (κ3) is 2.35. The molecular weight excluding hydrogens is 321 g/mol. The van der Waals surface area contributed by atoms with Crippen LogP contribution in [-0.4, -0.2) is 36.9 Å². The number of nitrogens with zero attached hydrogens (tertiary/aromatic N) is 1. The predicted octanol–water partition coefficient (Wildman–Crippen LogP) is 4.37. The van der Waals surface area contributed by atoms with Gasteiger partial charge in [0.15, 0.2) is 5.72 Å². The first-order valence-electron chi connectivity index (χ1n) is 7.91. The minimum atomic E-state index is -0.341. The van der Waals surface area contributed by atoms with E-state index in [4.69, 9.17) is 32.7 Å². The van der Waals surface area contributed by atoms with E-state index in [2.05, 4.69) is 11.0 Å². The third-order valence-corrected chi connectivity index (χ3v) is 5.37. The Morgan fingerprint density at radius 3 is 2.73 bits per heavy atom. The van der Waals surface area contributed by atoms with E-state index in [1.807, 2.05) is 6.07 Å². The zero-order chi connectivity index (χ0) is 15.2. The van der Waals surface area contributed by atoms with Crippen molar-refractivity contribution in [2.45, 2.75) is 31.4 Å². The molecule has 0 radical (unpaired) electrons. The maximum atomic E-state index is 6.56. The van der Waals surface area contributed by atoms with Crippen LogP contribution in [0.15, 0.2) is 17.7 Å². The van der Waals surface area contributed by atoms with E-state index in [1.165, 1.54) is 18.4 Å². The van der Waals surface area contributed by atoms with Gasteiger partial charge in [0.25, 0.3) is 0 Å². The molecule has 3 nitrogen and oxygen atoms in total. The van der Waals surface area contributed by atoms with Gasteiger partial charge in [0.05, 0.1) is 18.2 Å². The van der Waals surface area contributed by atoms with Crippen LogP contribution in [0, 0.1) is 0 Å². The van der Waals surface area contributed by atoms with E-state index in [-0.39, 0.29) is 5.72 Å². The number of rotatable bonds is 1. The van der Waals surface area contributed by atoms with Crippen LogP contribution in [0.25, 0.3) is 6.08 Å². The molecule has 4 rings (SSSR count). The van der Waals surface area contributed by atoms with Gasteiger partial charge in [0, 0.05) is 30.1 Å². The lowest BCUT2D eigenvalue weighted by atomic mass is 9.82. The number of halogens is 2. The lowest BCUT2D eigenvalue weighted by Crippen LogP contribution is -2.59. The van der Waals surface area contributed by atoms with Gasteiger partial charge >= 0.3 is 0 Å². The summed E-state index contributed by atoms with van der Waals surface area (Å²) >= 11 is 12.5. The molecule has 3 aliphatic rings. The second-order valence-corrected chi connectivity index (χ2v) is 7.01. The van der Waals surface area contributed by atoms with Gasteiger partial charge in [-0.05, 0) is 43.0 Å². The molecule has 2 aliphatic heterocycles. The molecule has 1 saturated heterocycles. The van der Waals surface area contributed by atoms with E-state index < -0.39 is 0 Å². The van der Waals surface area contributed by atoms with Gasteiger partial charge in [0.1, 0.15) is 5.75 Å². The minimum Gasteiger partial charge on any atom is -0.466 e. The zero-order valence-corrected chi connectivity index (χ0v) is 13.9. The average molecular weight is 340 g/mol. The number of morpholine rings is 1. The van der Waals surface area contributed by atoms with E-state index in [9.17, 15) is 0 Å². The average Bonchev–Trinajstić information content (AvgIpc) is 2.54. The highest BCUT2D eigenvalue weighted by atomic mass is 35.5. The Morgan fingerprint density at radius 2 is 1.91 bits per heavy atom. The first-order valence-corrected chi connectivity index (χ1v) is 8.66. The van der Waals surface area contributed by atoms with E-state index >= 15 is 0 Å². The lowest BCUT2D eigenvalue weighted by molar-refractivity contribution is -0.112. The van der Waals surface area contributed by atoms with Crippen molar-refractivity contribution in [2.75, 3.05) is 26.3 Å². The quantitative estimate of drug-likeness (QED) is 0.758. The maximum absolute atomic E-state index is 6.56. The van der Waals surface area contributed by atoms with Crippen LogP contribution in [0.4, 0.5) is 0 Å². The molecule has 22 heavy (non-hydrogen) atoms. The Bertz CT molecular complexity index is 625. The lowest BCUT2D eigenvalue weighted by Gasteiger charge is -2.50. The molecule has 1 aromatic carbocycles. The summed E-state index contributed by atoms with van der Waals surface area (Å²) in [5, 5.41) is 1.25. The second-order valence-electron chi connectivity index (χ2n) is 6.17. The number of hydrogen-bond donors (Lipinski definition) is 0. The molecule has 2 heterocycles. The molecule has 0 aromatic heterocycles. The number of fused-ring (bicyclic) bond motifs is 2. The Labute approximate surface area is 140 Å². The number of hydrogen-bond acceptors (Lipinski definition) is 3. The van der Waals surface area contributed by atoms with Crippen molar-refractivity contribution in [3.05, 3.63) is 33.3 Å². The SMILES string of the molecule is Clc1cc(Cl)c2c(c1)C=C1CCCC[C@@]1(N1CCOCC1)O2. The summed E-state index contributed by atoms with van der Waals surface area (Å²) < 4.78 is 12.1. The molecule has 5 heteroatoms. The standard InChI is InChI=1S/C17H19Cl2NO2/c18-14-10-12-9-13-3-1-2-4-17(13,20-5-7-21-8-6-20)22-16(12)15(19)11-14/h9-11H,1-8H2/t17-/m1/s1. The van der Waals surface area contributed by atoms with Crippen molar-refractivity contribution in [1.82, 2.24) is 4.90 Å². The fourth-order valence-electron chi connectivity index (χ4n) is 3.84. The fraction of sp³-hybridized carbons (Fsp3) is 0.529. The molecule has 1 atom stereocenters. The molecule has 1 aromatic rings. The first kappa shape index (κ1) is 14.8. The van der Waals surface area contributed by atoms with Crippen LogP contribution in [0.3, 0.4) is 0 Å². The van der Waals surface area contributed by atoms with Crippen LogP contribution in [0.5, 0.6) is 5.75 Å². The first-order chi connectivity index (χ1) is 10.7. The molecule has 0 bridgehead atoms. The smallest absolute Gasteiger partial charge is 0.186 e. The van der Waals surface area contributed by atoms with Gasteiger partial charge in [-0.2, -0.15) is 0 Å². The Balaban J connectivity index is 1.80. The summed E-state index contributed by atoms with van der Waals surface area (Å²) in [5.74, 6) is 0.767. The molecule has 0 N–H and O–H groups in total. The Morgan fingerprint density at radius 1 is 1.09 bits per heavy atom. The summed E-state index contributed by atoms with van der Waals surface area (Å²) in [6, 6.07) is 3.70. The Hall–Kier alpha value is -0.740. The van der Waals surface area contributed by atoms with E-state index in [1.54, 1.807) is 6.07 Å². The minimum absolute atomic E-state index is 0.341. The highest BCUT2D eigenvalue weighted by Gasteiger charge is 2.47. The molecule has 1 aliphatic carbocycles. The van der Waals surface area contributed by atoms with E-state index in [0.717, 1.165) is 50.5 Å². The van der Waals surface area contributed by atoms with Crippen LogP contribution < -0.4 is 4.74 Å². The van der Waals surface area contributed by atoms with Gasteiger partial charge in [-0.15, -0.1) is 0 Å². The van der Waals surface area contributed by atoms with Crippen molar-refractivity contribution in [3.63, 3.8) is 0 Å². The van der Waals surface area contributed by atoms with Crippen LogP contribution >= 0.6 is 23.2 Å². The number of benzene rings is 1. The second kappa shape index (κ2) is 5.72. The zero-order valence-electron chi connectivity index (χ0n) is 12.4. The molecule has 0 spiro atoms. The van der Waals surface area contributed by atoms with Gasteiger partial charge in [-0.1, -0.05) is 23.2 Å². The molecule has 118 valence electrons. The van der Waals surface area contributed by atoms with Crippen molar-refractivity contribution in [3.8, 4) is 5.75 Å². The summed E-state index contributed by atoms with van der Waals surface area (Å²) in [4.78, 5) is 2.43. The van der Waals surface area contributed by atoms with Crippen LogP contribution in [-0.2, 0) is 4.74 Å². The Kier molecular flexibility index (Phi) is 3.85. The third-order valence-electron chi connectivity index (χ3n) is 4.87. The highest BCUT2D eigenvalue weighted by Crippen LogP contribution is 2.48. The largest absolute Gasteiger partial charge is 0.466 e. The van der Waals surface area contributed by atoms with Gasteiger partial charge in [-0.25, -0.2) is 0 Å². The molecule has 0 unspecified atom stereocenters. The molecule has 0 amide bonds. The highest BCUT2D eigenvalue weighted by molar-refractivity contribution is 6.36.